The standard InChI is InChI=1S/C10H13FN2O3S/c1-13(8-4-6-16-7-8)17(14,15)10-9(11)3-2-5-12-10/h2-3,5,8H,4,6-7H2,1H3. The molecule has 1 unspecified atom stereocenters. The SMILES string of the molecule is CN(C1CCOC1)S(=O)(=O)c1ncccc1F. The van der Waals surface area contributed by atoms with Gasteiger partial charge in [-0.1, -0.05) is 0 Å². The lowest BCUT2D eigenvalue weighted by molar-refractivity contribution is 0.180. The van der Waals surface area contributed by atoms with Crippen LogP contribution in [-0.4, -0.2) is 44.0 Å². The highest BCUT2D eigenvalue weighted by atomic mass is 32.2. The molecule has 1 aliphatic rings. The van der Waals surface area contributed by atoms with E-state index < -0.39 is 20.9 Å². The van der Waals surface area contributed by atoms with E-state index in [1.54, 1.807) is 0 Å². The lowest BCUT2D eigenvalue weighted by Crippen LogP contribution is -2.38. The van der Waals surface area contributed by atoms with Gasteiger partial charge in [-0.2, -0.15) is 4.31 Å². The molecule has 17 heavy (non-hydrogen) atoms. The van der Waals surface area contributed by atoms with E-state index in [0.29, 0.717) is 19.6 Å². The molecule has 0 aromatic carbocycles. The zero-order valence-corrected chi connectivity index (χ0v) is 10.2. The van der Waals surface area contributed by atoms with Gasteiger partial charge in [-0.15, -0.1) is 0 Å². The van der Waals surface area contributed by atoms with Gasteiger partial charge in [0, 0.05) is 19.9 Å². The Morgan fingerprint density at radius 1 is 1.59 bits per heavy atom. The third-order valence-electron chi connectivity index (χ3n) is 2.77. The second-order valence-corrected chi connectivity index (χ2v) is 5.74. The summed E-state index contributed by atoms with van der Waals surface area (Å²) in [7, 11) is -2.47. The minimum absolute atomic E-state index is 0.249. The molecule has 0 radical (unpaired) electrons. The normalized spacial score (nSPS) is 21.0. The molecule has 7 heteroatoms. The van der Waals surface area contributed by atoms with Gasteiger partial charge < -0.3 is 4.74 Å². The van der Waals surface area contributed by atoms with E-state index in [9.17, 15) is 12.8 Å². The van der Waals surface area contributed by atoms with Crippen LogP contribution in [0.4, 0.5) is 4.39 Å². The molecule has 0 N–H and O–H groups in total. The van der Waals surface area contributed by atoms with Gasteiger partial charge in [0.25, 0.3) is 10.0 Å². The van der Waals surface area contributed by atoms with Gasteiger partial charge in [0.05, 0.1) is 12.6 Å². The fourth-order valence-corrected chi connectivity index (χ4v) is 3.04. The first-order valence-electron chi connectivity index (χ1n) is 5.20. The van der Waals surface area contributed by atoms with Gasteiger partial charge in [0.2, 0.25) is 5.03 Å². The summed E-state index contributed by atoms with van der Waals surface area (Å²) in [5, 5.41) is -0.533. The average molecular weight is 260 g/mol. The van der Waals surface area contributed by atoms with Gasteiger partial charge in [-0.25, -0.2) is 17.8 Å². The second-order valence-electron chi connectivity index (χ2n) is 3.83. The van der Waals surface area contributed by atoms with E-state index in [4.69, 9.17) is 4.74 Å². The molecule has 5 nitrogen and oxygen atoms in total. The molecule has 2 heterocycles. The summed E-state index contributed by atoms with van der Waals surface area (Å²) in [5.41, 5.74) is 0. The van der Waals surface area contributed by atoms with Crippen molar-refractivity contribution in [3.63, 3.8) is 0 Å². The van der Waals surface area contributed by atoms with Gasteiger partial charge >= 0.3 is 0 Å². The first-order chi connectivity index (χ1) is 8.03. The lowest BCUT2D eigenvalue weighted by Gasteiger charge is -2.21. The third kappa shape index (κ3) is 2.31. The highest BCUT2D eigenvalue weighted by Gasteiger charge is 2.33. The molecule has 0 amide bonds. The Bertz CT molecular complexity index is 500. The van der Waals surface area contributed by atoms with Crippen molar-refractivity contribution in [1.29, 1.82) is 0 Å². The van der Waals surface area contributed by atoms with Gasteiger partial charge in [0.1, 0.15) is 0 Å². The summed E-state index contributed by atoms with van der Waals surface area (Å²) < 4.78 is 43.9. The quantitative estimate of drug-likeness (QED) is 0.800. The van der Waals surface area contributed by atoms with E-state index >= 15 is 0 Å². The number of pyridine rings is 1. The van der Waals surface area contributed by atoms with Crippen LogP contribution in [0.1, 0.15) is 6.42 Å². The third-order valence-corrected chi connectivity index (χ3v) is 4.61. The maximum absolute atomic E-state index is 13.4. The van der Waals surface area contributed by atoms with Gasteiger partial charge in [-0.3, -0.25) is 0 Å². The number of halogens is 1. The van der Waals surface area contributed by atoms with Crippen molar-refractivity contribution < 1.29 is 17.5 Å². The molecule has 0 aliphatic carbocycles. The number of nitrogens with zero attached hydrogens (tertiary/aromatic N) is 2. The topological polar surface area (TPSA) is 59.5 Å². The molecule has 1 atom stereocenters. The van der Waals surface area contributed by atoms with Crippen LogP contribution in [0.25, 0.3) is 0 Å². The fraction of sp³-hybridized carbons (Fsp3) is 0.500. The van der Waals surface area contributed by atoms with Crippen LogP contribution in [0.15, 0.2) is 23.4 Å². The highest BCUT2D eigenvalue weighted by Crippen LogP contribution is 2.20. The second kappa shape index (κ2) is 4.67. The number of hydrogen-bond acceptors (Lipinski definition) is 4. The summed E-state index contributed by atoms with van der Waals surface area (Å²) >= 11 is 0. The van der Waals surface area contributed by atoms with Crippen molar-refractivity contribution >= 4 is 10.0 Å². The first kappa shape index (κ1) is 12.4. The van der Waals surface area contributed by atoms with Crippen LogP contribution in [-0.2, 0) is 14.8 Å². The number of aromatic nitrogens is 1. The van der Waals surface area contributed by atoms with Crippen LogP contribution in [0, 0.1) is 5.82 Å². The Morgan fingerprint density at radius 2 is 2.35 bits per heavy atom. The Morgan fingerprint density at radius 3 is 2.94 bits per heavy atom. The molecule has 1 aliphatic heterocycles. The summed E-state index contributed by atoms with van der Waals surface area (Å²) in [6, 6.07) is 2.19. The molecule has 1 saturated heterocycles. The molecule has 2 rings (SSSR count). The Kier molecular flexibility index (Phi) is 3.41. The monoisotopic (exact) mass is 260 g/mol. The van der Waals surface area contributed by atoms with Gasteiger partial charge in [0.15, 0.2) is 5.82 Å². The Labute approximate surface area is 99.3 Å². The summed E-state index contributed by atoms with van der Waals surface area (Å²) in [5.74, 6) is -0.835. The van der Waals surface area contributed by atoms with Crippen molar-refractivity contribution in [3.8, 4) is 0 Å². The predicted molar refractivity (Wildman–Crippen MR) is 58.4 cm³/mol. The first-order valence-corrected chi connectivity index (χ1v) is 6.64. The Hall–Kier alpha value is -1.05. The van der Waals surface area contributed by atoms with Crippen molar-refractivity contribution in [3.05, 3.63) is 24.1 Å². The van der Waals surface area contributed by atoms with E-state index in [2.05, 4.69) is 4.98 Å². The van der Waals surface area contributed by atoms with Crippen LogP contribution >= 0.6 is 0 Å². The zero-order valence-electron chi connectivity index (χ0n) is 9.34. The lowest BCUT2D eigenvalue weighted by atomic mass is 10.3. The summed E-state index contributed by atoms with van der Waals surface area (Å²) in [6.07, 6.45) is 1.87. The van der Waals surface area contributed by atoms with Gasteiger partial charge in [-0.05, 0) is 18.6 Å². The van der Waals surface area contributed by atoms with E-state index in [1.165, 1.54) is 19.3 Å². The van der Waals surface area contributed by atoms with E-state index in [-0.39, 0.29) is 6.04 Å². The molecular formula is C10H13FN2O3S. The van der Waals surface area contributed by atoms with Crippen molar-refractivity contribution in [2.75, 3.05) is 20.3 Å². The summed E-state index contributed by atoms with van der Waals surface area (Å²) in [4.78, 5) is 3.60. The largest absolute Gasteiger partial charge is 0.380 e. The van der Waals surface area contributed by atoms with Crippen LogP contribution in [0.3, 0.4) is 0 Å². The van der Waals surface area contributed by atoms with Crippen molar-refractivity contribution in [1.82, 2.24) is 9.29 Å². The van der Waals surface area contributed by atoms with Crippen LogP contribution < -0.4 is 0 Å². The number of rotatable bonds is 3. The molecule has 0 saturated carbocycles. The van der Waals surface area contributed by atoms with Crippen molar-refractivity contribution in [2.45, 2.75) is 17.5 Å². The van der Waals surface area contributed by atoms with E-state index in [0.717, 1.165) is 10.4 Å². The van der Waals surface area contributed by atoms with Crippen LogP contribution in [0.5, 0.6) is 0 Å². The minimum atomic E-state index is -3.89. The highest BCUT2D eigenvalue weighted by molar-refractivity contribution is 7.89. The molecular weight excluding hydrogens is 247 g/mol. The molecule has 1 fully saturated rings. The number of likely N-dealkylation sites (N-methyl/N-ethyl adjacent to an activating group) is 1. The summed E-state index contributed by atoms with van der Waals surface area (Å²) in [6.45, 7) is 0.861. The number of ether oxygens (including phenoxy) is 1. The maximum atomic E-state index is 13.4. The molecule has 1 aromatic heterocycles. The number of hydrogen-bond donors (Lipinski definition) is 0. The zero-order chi connectivity index (χ0) is 12.5. The van der Waals surface area contributed by atoms with Crippen molar-refractivity contribution in [2.24, 2.45) is 0 Å². The minimum Gasteiger partial charge on any atom is -0.380 e. The smallest absolute Gasteiger partial charge is 0.263 e. The molecule has 0 bridgehead atoms. The fourth-order valence-electron chi connectivity index (χ4n) is 1.70. The Balaban J connectivity index is 2.33. The average Bonchev–Trinajstić information content (AvgIpc) is 2.81. The molecule has 94 valence electrons. The van der Waals surface area contributed by atoms with Crippen LogP contribution in [0.2, 0.25) is 0 Å². The predicted octanol–water partition coefficient (Wildman–Crippen LogP) is 0.630. The number of sulfonamides is 1. The maximum Gasteiger partial charge on any atom is 0.263 e. The molecule has 1 aromatic rings. The molecule has 0 spiro atoms. The van der Waals surface area contributed by atoms with E-state index in [1.807, 2.05) is 0 Å².